The molecule has 0 saturated heterocycles. The minimum absolute atomic E-state index is 0.156. The highest BCUT2D eigenvalue weighted by Crippen LogP contribution is 2.14. The van der Waals surface area contributed by atoms with Crippen LogP contribution < -0.4 is 0 Å². The normalized spacial score (nSPS) is 10.3. The SMILES string of the molecule is [N-]=[N+]=NCCC=Cc1cc(F)ccc1CC(=O)O. The first-order valence-electron chi connectivity index (χ1n) is 5.31. The van der Waals surface area contributed by atoms with Crippen molar-refractivity contribution in [2.24, 2.45) is 5.11 Å². The van der Waals surface area contributed by atoms with Crippen molar-refractivity contribution in [3.8, 4) is 0 Å². The van der Waals surface area contributed by atoms with Gasteiger partial charge in [0.05, 0.1) is 6.42 Å². The van der Waals surface area contributed by atoms with Crippen molar-refractivity contribution in [2.75, 3.05) is 6.54 Å². The third-order valence-electron chi connectivity index (χ3n) is 2.21. The first kappa shape index (κ1) is 13.7. The Balaban J connectivity index is 2.81. The molecule has 0 atom stereocenters. The molecular formula is C12H12FN3O2. The molecule has 0 aliphatic carbocycles. The van der Waals surface area contributed by atoms with Crippen LogP contribution in [0.5, 0.6) is 0 Å². The predicted octanol–water partition coefficient (Wildman–Crippen LogP) is 3.17. The van der Waals surface area contributed by atoms with Crippen LogP contribution in [0.1, 0.15) is 17.5 Å². The van der Waals surface area contributed by atoms with E-state index < -0.39 is 11.8 Å². The molecule has 1 aromatic carbocycles. The van der Waals surface area contributed by atoms with Crippen LogP contribution in [0, 0.1) is 5.82 Å². The number of carboxylic acids is 1. The van der Waals surface area contributed by atoms with Crippen LogP contribution in [0.2, 0.25) is 0 Å². The van der Waals surface area contributed by atoms with E-state index in [-0.39, 0.29) is 6.42 Å². The molecule has 94 valence electrons. The quantitative estimate of drug-likeness (QED) is 0.363. The molecule has 0 amide bonds. The summed E-state index contributed by atoms with van der Waals surface area (Å²) in [5, 5.41) is 12.1. The monoisotopic (exact) mass is 249 g/mol. The van der Waals surface area contributed by atoms with E-state index in [0.29, 0.717) is 24.1 Å². The minimum atomic E-state index is -0.967. The molecule has 0 aliphatic heterocycles. The summed E-state index contributed by atoms with van der Waals surface area (Å²) in [7, 11) is 0. The van der Waals surface area contributed by atoms with Gasteiger partial charge in [-0.25, -0.2) is 4.39 Å². The van der Waals surface area contributed by atoms with Gasteiger partial charge in [-0.3, -0.25) is 4.79 Å². The van der Waals surface area contributed by atoms with Gasteiger partial charge >= 0.3 is 5.97 Å². The summed E-state index contributed by atoms with van der Waals surface area (Å²) >= 11 is 0. The van der Waals surface area contributed by atoms with Gasteiger partial charge < -0.3 is 5.11 Å². The number of carboxylic acid groups (broad SMARTS) is 1. The van der Waals surface area contributed by atoms with Crippen LogP contribution in [-0.4, -0.2) is 17.6 Å². The maximum atomic E-state index is 13.1. The number of aliphatic carboxylic acids is 1. The van der Waals surface area contributed by atoms with Gasteiger partial charge in [-0.15, -0.1) is 0 Å². The molecule has 0 aromatic heterocycles. The second-order valence-electron chi connectivity index (χ2n) is 3.56. The Morgan fingerprint density at radius 1 is 1.56 bits per heavy atom. The lowest BCUT2D eigenvalue weighted by molar-refractivity contribution is -0.136. The maximum Gasteiger partial charge on any atom is 0.307 e. The molecule has 0 unspecified atom stereocenters. The molecule has 18 heavy (non-hydrogen) atoms. The zero-order chi connectivity index (χ0) is 13.4. The van der Waals surface area contributed by atoms with Gasteiger partial charge in [0, 0.05) is 11.5 Å². The topological polar surface area (TPSA) is 86.1 Å². The first-order valence-corrected chi connectivity index (χ1v) is 5.31. The molecule has 0 spiro atoms. The molecule has 1 N–H and O–H groups in total. The molecule has 5 nitrogen and oxygen atoms in total. The summed E-state index contributed by atoms with van der Waals surface area (Å²) in [5.74, 6) is -1.39. The lowest BCUT2D eigenvalue weighted by Crippen LogP contribution is -2.02. The number of benzene rings is 1. The van der Waals surface area contributed by atoms with Gasteiger partial charge in [0.15, 0.2) is 0 Å². The number of nitrogens with zero attached hydrogens (tertiary/aromatic N) is 3. The highest BCUT2D eigenvalue weighted by atomic mass is 19.1. The molecule has 1 aromatic rings. The molecule has 0 aliphatic rings. The van der Waals surface area contributed by atoms with Crippen LogP contribution in [0.15, 0.2) is 29.4 Å². The van der Waals surface area contributed by atoms with Crippen LogP contribution in [0.4, 0.5) is 4.39 Å². The summed E-state index contributed by atoms with van der Waals surface area (Å²) in [4.78, 5) is 13.3. The van der Waals surface area contributed by atoms with E-state index in [4.69, 9.17) is 10.6 Å². The van der Waals surface area contributed by atoms with Gasteiger partial charge in [-0.05, 0) is 35.2 Å². The van der Waals surface area contributed by atoms with Gasteiger partial charge in [-0.1, -0.05) is 23.3 Å². The van der Waals surface area contributed by atoms with E-state index in [1.807, 2.05) is 0 Å². The van der Waals surface area contributed by atoms with E-state index >= 15 is 0 Å². The fraction of sp³-hybridized carbons (Fsp3) is 0.250. The predicted molar refractivity (Wildman–Crippen MR) is 65.4 cm³/mol. The first-order chi connectivity index (χ1) is 8.63. The highest BCUT2D eigenvalue weighted by Gasteiger charge is 2.05. The van der Waals surface area contributed by atoms with Crippen molar-refractivity contribution >= 4 is 12.0 Å². The number of carbonyl (C=O) groups is 1. The number of hydrogen-bond donors (Lipinski definition) is 1. The Labute approximate surface area is 103 Å². The van der Waals surface area contributed by atoms with Gasteiger partial charge in [0.25, 0.3) is 0 Å². The zero-order valence-electron chi connectivity index (χ0n) is 9.58. The summed E-state index contributed by atoms with van der Waals surface area (Å²) < 4.78 is 13.1. The van der Waals surface area contributed by atoms with Crippen LogP contribution in [0.3, 0.4) is 0 Å². The Kier molecular flexibility index (Phi) is 5.41. The smallest absolute Gasteiger partial charge is 0.307 e. The third kappa shape index (κ3) is 4.67. The Morgan fingerprint density at radius 3 is 3.00 bits per heavy atom. The van der Waals surface area contributed by atoms with Crippen molar-refractivity contribution in [3.05, 3.63) is 51.7 Å². The van der Waals surface area contributed by atoms with Crippen molar-refractivity contribution in [1.82, 2.24) is 0 Å². The van der Waals surface area contributed by atoms with Crippen LogP contribution in [0.25, 0.3) is 16.5 Å². The maximum absolute atomic E-state index is 13.1. The largest absolute Gasteiger partial charge is 0.481 e. The van der Waals surface area contributed by atoms with E-state index in [1.165, 1.54) is 18.2 Å². The molecule has 0 radical (unpaired) electrons. The number of hydrogen-bond acceptors (Lipinski definition) is 2. The van der Waals surface area contributed by atoms with Crippen molar-refractivity contribution in [3.63, 3.8) is 0 Å². The molecule has 0 bridgehead atoms. The molecule has 0 saturated carbocycles. The van der Waals surface area contributed by atoms with E-state index in [0.717, 1.165) is 0 Å². The Morgan fingerprint density at radius 2 is 2.33 bits per heavy atom. The second-order valence-corrected chi connectivity index (χ2v) is 3.56. The van der Waals surface area contributed by atoms with Crippen LogP contribution in [-0.2, 0) is 11.2 Å². The minimum Gasteiger partial charge on any atom is -0.481 e. The van der Waals surface area contributed by atoms with Crippen molar-refractivity contribution < 1.29 is 14.3 Å². The summed E-state index contributed by atoms with van der Waals surface area (Å²) in [6.45, 7) is 0.316. The average molecular weight is 249 g/mol. The van der Waals surface area contributed by atoms with E-state index in [1.54, 1.807) is 12.2 Å². The van der Waals surface area contributed by atoms with Gasteiger partial charge in [-0.2, -0.15) is 0 Å². The number of rotatable bonds is 6. The average Bonchev–Trinajstić information content (AvgIpc) is 2.31. The number of halogens is 1. The summed E-state index contributed by atoms with van der Waals surface area (Å²) in [6.07, 6.45) is 3.71. The molecule has 0 heterocycles. The standard InChI is InChI=1S/C12H12FN3O2/c13-11-5-4-10(8-12(17)18)9(7-11)3-1-2-6-15-16-14/h1,3-5,7H,2,6,8H2,(H,17,18). The summed E-state index contributed by atoms with van der Waals surface area (Å²) in [6, 6.07) is 3.97. The second kappa shape index (κ2) is 7.09. The van der Waals surface area contributed by atoms with Crippen molar-refractivity contribution in [2.45, 2.75) is 12.8 Å². The zero-order valence-corrected chi connectivity index (χ0v) is 9.58. The van der Waals surface area contributed by atoms with Crippen molar-refractivity contribution in [1.29, 1.82) is 0 Å². The van der Waals surface area contributed by atoms with Crippen LogP contribution >= 0.6 is 0 Å². The van der Waals surface area contributed by atoms with E-state index in [9.17, 15) is 9.18 Å². The lowest BCUT2D eigenvalue weighted by atomic mass is 10.0. The summed E-state index contributed by atoms with van der Waals surface area (Å²) in [5.41, 5.74) is 9.15. The molecular weight excluding hydrogens is 237 g/mol. The highest BCUT2D eigenvalue weighted by molar-refractivity contribution is 5.72. The van der Waals surface area contributed by atoms with Gasteiger partial charge in [0.1, 0.15) is 5.82 Å². The fourth-order valence-corrected chi connectivity index (χ4v) is 1.43. The lowest BCUT2D eigenvalue weighted by Gasteiger charge is -2.03. The van der Waals surface area contributed by atoms with E-state index in [2.05, 4.69) is 10.0 Å². The fourth-order valence-electron chi connectivity index (χ4n) is 1.43. The Hall–Kier alpha value is -2.33. The molecule has 1 rings (SSSR count). The number of azide groups is 1. The molecule has 0 fully saturated rings. The molecule has 6 heteroatoms. The van der Waals surface area contributed by atoms with Gasteiger partial charge in [0.2, 0.25) is 0 Å². The Bertz CT molecular complexity index is 508. The third-order valence-corrected chi connectivity index (χ3v) is 2.21.